The molecule has 2 N–H and O–H groups in total. The number of thioether (sulfide) groups is 1. The van der Waals surface area contributed by atoms with Crippen LogP contribution >= 0.6 is 11.8 Å². The van der Waals surface area contributed by atoms with Gasteiger partial charge in [-0.15, -0.1) is 11.8 Å². The van der Waals surface area contributed by atoms with E-state index in [0.29, 0.717) is 5.37 Å². The van der Waals surface area contributed by atoms with Crippen molar-refractivity contribution in [2.45, 2.75) is 57.2 Å². The van der Waals surface area contributed by atoms with E-state index < -0.39 is 0 Å². The topological polar surface area (TPSA) is 24.1 Å². The summed E-state index contributed by atoms with van der Waals surface area (Å²) in [6.07, 6.45) is 0. The van der Waals surface area contributed by atoms with Gasteiger partial charge in [-0.3, -0.25) is 5.32 Å². The molecular formula is C13H28N2S. The molecule has 1 atom stereocenters. The molecule has 2 nitrogen and oxygen atoms in total. The molecular weight excluding hydrogens is 216 g/mol. The number of nitrogens with one attached hydrogen (secondary N) is 2. The average molecular weight is 244 g/mol. The quantitative estimate of drug-likeness (QED) is 0.555. The Morgan fingerprint density at radius 1 is 1.25 bits per heavy atom. The highest BCUT2D eigenvalue weighted by Gasteiger charge is 2.26. The maximum atomic E-state index is 4.08. The lowest BCUT2D eigenvalue weighted by Gasteiger charge is -2.34. The maximum Gasteiger partial charge on any atom is 0.0753 e. The molecule has 0 fully saturated rings. The van der Waals surface area contributed by atoms with Gasteiger partial charge in [0.2, 0.25) is 0 Å². The summed E-state index contributed by atoms with van der Waals surface area (Å²) in [5, 5.41) is 7.15. The standard InChI is InChI=1S/C13H28N2S/c1-10(2)11(15-12(3,4)5)16-13(6,7)9-14-8/h11,14-15H,1,9H2,2-8H3. The smallest absolute Gasteiger partial charge is 0.0753 e. The molecule has 0 aliphatic carbocycles. The van der Waals surface area contributed by atoms with Crippen LogP contribution in [0, 0.1) is 0 Å². The Bertz CT molecular complexity index is 229. The Morgan fingerprint density at radius 3 is 2.06 bits per heavy atom. The largest absolute Gasteiger partial charge is 0.318 e. The highest BCUT2D eigenvalue weighted by atomic mass is 32.2. The molecule has 0 aromatic heterocycles. The van der Waals surface area contributed by atoms with Crippen molar-refractivity contribution < 1.29 is 0 Å². The Kier molecular flexibility index (Phi) is 6.09. The molecule has 0 spiro atoms. The van der Waals surface area contributed by atoms with E-state index in [1.165, 1.54) is 5.57 Å². The molecule has 0 aliphatic heterocycles. The number of hydrogen-bond acceptors (Lipinski definition) is 3. The molecule has 0 aliphatic rings. The highest BCUT2D eigenvalue weighted by molar-refractivity contribution is 8.01. The predicted molar refractivity (Wildman–Crippen MR) is 77.1 cm³/mol. The summed E-state index contributed by atoms with van der Waals surface area (Å²) in [5.41, 5.74) is 1.30. The molecule has 0 radical (unpaired) electrons. The first-order valence-corrected chi connectivity index (χ1v) is 6.71. The fourth-order valence-electron chi connectivity index (χ4n) is 1.43. The van der Waals surface area contributed by atoms with Crippen molar-refractivity contribution in [2.75, 3.05) is 13.6 Å². The summed E-state index contributed by atoms with van der Waals surface area (Å²) < 4.78 is 0.205. The van der Waals surface area contributed by atoms with Crippen LogP contribution in [0.1, 0.15) is 41.5 Å². The Balaban J connectivity index is 4.51. The van der Waals surface area contributed by atoms with Crippen LogP contribution in [0.25, 0.3) is 0 Å². The van der Waals surface area contributed by atoms with E-state index in [-0.39, 0.29) is 10.3 Å². The third-order valence-corrected chi connectivity index (χ3v) is 3.59. The van der Waals surface area contributed by atoms with E-state index in [1.54, 1.807) is 0 Å². The Hall–Kier alpha value is 0.01000. The summed E-state index contributed by atoms with van der Waals surface area (Å²) in [7, 11) is 2.00. The van der Waals surface area contributed by atoms with Crippen molar-refractivity contribution >= 4 is 11.8 Å². The zero-order chi connectivity index (χ0) is 13.0. The zero-order valence-corrected chi connectivity index (χ0v) is 12.7. The lowest BCUT2D eigenvalue weighted by Crippen LogP contribution is -2.45. The normalized spacial score (nSPS) is 14.9. The van der Waals surface area contributed by atoms with Gasteiger partial charge in [-0.25, -0.2) is 0 Å². The van der Waals surface area contributed by atoms with Crippen molar-refractivity contribution in [1.29, 1.82) is 0 Å². The molecule has 0 heterocycles. The fraction of sp³-hybridized carbons (Fsp3) is 0.846. The van der Waals surface area contributed by atoms with Crippen LogP contribution in [-0.4, -0.2) is 29.3 Å². The van der Waals surface area contributed by atoms with Crippen LogP contribution in [-0.2, 0) is 0 Å². The number of hydrogen-bond donors (Lipinski definition) is 2. The third-order valence-electron chi connectivity index (χ3n) is 2.05. The second kappa shape index (κ2) is 6.08. The second-order valence-electron chi connectivity index (χ2n) is 6.03. The molecule has 0 rings (SSSR count). The molecule has 0 bridgehead atoms. The molecule has 0 amide bonds. The summed E-state index contributed by atoms with van der Waals surface area (Å²) in [4.78, 5) is 0. The molecule has 0 aromatic carbocycles. The minimum Gasteiger partial charge on any atom is -0.318 e. The average Bonchev–Trinajstić information content (AvgIpc) is 1.98. The molecule has 96 valence electrons. The van der Waals surface area contributed by atoms with Gasteiger partial charge in [0.1, 0.15) is 0 Å². The molecule has 0 saturated heterocycles. The lowest BCUT2D eigenvalue weighted by atomic mass is 10.1. The monoisotopic (exact) mass is 244 g/mol. The Labute approximate surface area is 106 Å². The maximum absolute atomic E-state index is 4.08. The predicted octanol–water partition coefficient (Wildman–Crippen LogP) is 3.01. The number of rotatable bonds is 6. The van der Waals surface area contributed by atoms with Crippen molar-refractivity contribution in [3.05, 3.63) is 12.2 Å². The SMILES string of the molecule is C=C(C)C(NC(C)(C)C)SC(C)(C)CNC. The molecule has 0 saturated carbocycles. The second-order valence-corrected chi connectivity index (χ2v) is 7.84. The highest BCUT2D eigenvalue weighted by Crippen LogP contribution is 2.31. The molecule has 3 heteroatoms. The van der Waals surface area contributed by atoms with Crippen molar-refractivity contribution in [3.8, 4) is 0 Å². The molecule has 16 heavy (non-hydrogen) atoms. The van der Waals surface area contributed by atoms with Crippen LogP contribution in [0.15, 0.2) is 12.2 Å². The summed E-state index contributed by atoms with van der Waals surface area (Å²) in [6, 6.07) is 0. The van der Waals surface area contributed by atoms with Gasteiger partial charge >= 0.3 is 0 Å². The van der Waals surface area contributed by atoms with Gasteiger partial charge < -0.3 is 5.32 Å². The van der Waals surface area contributed by atoms with Crippen LogP contribution in [0.4, 0.5) is 0 Å². The van der Waals surface area contributed by atoms with Gasteiger partial charge in [-0.2, -0.15) is 0 Å². The van der Waals surface area contributed by atoms with Crippen molar-refractivity contribution in [3.63, 3.8) is 0 Å². The molecule has 1 unspecified atom stereocenters. The van der Waals surface area contributed by atoms with Gasteiger partial charge in [0.25, 0.3) is 0 Å². The van der Waals surface area contributed by atoms with Gasteiger partial charge in [0.15, 0.2) is 0 Å². The lowest BCUT2D eigenvalue weighted by molar-refractivity contribution is 0.429. The zero-order valence-electron chi connectivity index (χ0n) is 11.9. The van der Waals surface area contributed by atoms with Crippen LogP contribution < -0.4 is 10.6 Å². The van der Waals surface area contributed by atoms with Crippen LogP contribution in [0.5, 0.6) is 0 Å². The van der Waals surface area contributed by atoms with Gasteiger partial charge in [0.05, 0.1) is 5.37 Å². The van der Waals surface area contributed by atoms with Gasteiger partial charge in [-0.05, 0) is 48.6 Å². The van der Waals surface area contributed by atoms with E-state index in [2.05, 4.69) is 58.8 Å². The molecule has 0 aromatic rings. The summed E-state index contributed by atoms with van der Waals surface area (Å²) in [5.74, 6) is 0. The van der Waals surface area contributed by atoms with Crippen molar-refractivity contribution in [1.82, 2.24) is 10.6 Å². The van der Waals surface area contributed by atoms with Gasteiger partial charge in [-0.1, -0.05) is 12.2 Å². The first kappa shape index (κ1) is 16.0. The van der Waals surface area contributed by atoms with Crippen LogP contribution in [0.2, 0.25) is 0 Å². The van der Waals surface area contributed by atoms with Gasteiger partial charge in [0, 0.05) is 16.8 Å². The summed E-state index contributed by atoms with van der Waals surface area (Å²) in [6.45, 7) is 18.2. The van der Waals surface area contributed by atoms with E-state index in [0.717, 1.165) is 6.54 Å². The van der Waals surface area contributed by atoms with E-state index in [1.807, 2.05) is 18.8 Å². The Morgan fingerprint density at radius 2 is 1.75 bits per heavy atom. The summed E-state index contributed by atoms with van der Waals surface area (Å²) >= 11 is 1.93. The minimum absolute atomic E-state index is 0.117. The third kappa shape index (κ3) is 7.31. The van der Waals surface area contributed by atoms with Crippen LogP contribution in [0.3, 0.4) is 0 Å². The van der Waals surface area contributed by atoms with E-state index in [9.17, 15) is 0 Å². The fourth-order valence-corrected chi connectivity index (χ4v) is 2.91. The van der Waals surface area contributed by atoms with E-state index >= 15 is 0 Å². The van der Waals surface area contributed by atoms with Crippen molar-refractivity contribution in [2.24, 2.45) is 0 Å². The first-order chi connectivity index (χ1) is 7.07. The van der Waals surface area contributed by atoms with E-state index in [4.69, 9.17) is 0 Å². The minimum atomic E-state index is 0.117. The first-order valence-electron chi connectivity index (χ1n) is 5.83.